The zero-order chi connectivity index (χ0) is 10.5. The van der Waals surface area contributed by atoms with Crippen LogP contribution in [0.25, 0.3) is 11.1 Å². The van der Waals surface area contributed by atoms with Gasteiger partial charge in [0.2, 0.25) is 0 Å². The van der Waals surface area contributed by atoms with Gasteiger partial charge in [-0.2, -0.15) is 0 Å². The average Bonchev–Trinajstić information content (AvgIpc) is 2.31. The van der Waals surface area contributed by atoms with Crippen LogP contribution in [0.3, 0.4) is 0 Å². The van der Waals surface area contributed by atoms with E-state index in [0.717, 1.165) is 16.9 Å². The van der Waals surface area contributed by atoms with E-state index in [-0.39, 0.29) is 0 Å². The fraction of sp³-hybridized carbons (Fsp3) is 0.154. The molecule has 2 rings (SSSR count). The first-order valence-electron chi connectivity index (χ1n) is 5.03. The molecule has 1 aromatic heterocycles. The lowest BCUT2D eigenvalue weighted by Gasteiger charge is -2.05. The minimum atomic E-state index is 0.667. The van der Waals surface area contributed by atoms with Crippen molar-refractivity contribution in [2.24, 2.45) is 0 Å². The zero-order valence-corrected chi connectivity index (χ0v) is 8.68. The minimum absolute atomic E-state index is 0.667. The zero-order valence-electron chi connectivity index (χ0n) is 8.68. The van der Waals surface area contributed by atoms with Crippen molar-refractivity contribution in [3.05, 3.63) is 48.8 Å². The third kappa shape index (κ3) is 2.34. The molecule has 0 saturated carbocycles. The van der Waals surface area contributed by atoms with Crippen molar-refractivity contribution in [1.29, 1.82) is 0 Å². The Kier molecular flexibility index (Phi) is 2.98. The number of nitrogens with zero attached hydrogens (tertiary/aromatic N) is 1. The highest BCUT2D eigenvalue weighted by atomic mass is 16.5. The van der Waals surface area contributed by atoms with E-state index in [1.807, 2.05) is 37.4 Å². The Labute approximate surface area is 89.6 Å². The van der Waals surface area contributed by atoms with Gasteiger partial charge in [0.1, 0.15) is 5.75 Å². The Morgan fingerprint density at radius 3 is 2.60 bits per heavy atom. The van der Waals surface area contributed by atoms with E-state index < -0.39 is 0 Å². The van der Waals surface area contributed by atoms with Crippen molar-refractivity contribution < 1.29 is 4.74 Å². The molecule has 2 nitrogen and oxygen atoms in total. The second-order valence-corrected chi connectivity index (χ2v) is 3.21. The SMILES string of the molecule is CCOc1cncc(-c2ccccc2)c1. The third-order valence-electron chi connectivity index (χ3n) is 2.13. The van der Waals surface area contributed by atoms with Crippen LogP contribution >= 0.6 is 0 Å². The summed E-state index contributed by atoms with van der Waals surface area (Å²) in [6.07, 6.45) is 3.58. The van der Waals surface area contributed by atoms with Gasteiger partial charge in [0.25, 0.3) is 0 Å². The van der Waals surface area contributed by atoms with Crippen LogP contribution in [-0.2, 0) is 0 Å². The smallest absolute Gasteiger partial charge is 0.138 e. The van der Waals surface area contributed by atoms with Gasteiger partial charge in [0.15, 0.2) is 0 Å². The molecule has 0 aliphatic carbocycles. The van der Waals surface area contributed by atoms with Gasteiger partial charge in [-0.3, -0.25) is 4.98 Å². The summed E-state index contributed by atoms with van der Waals surface area (Å²) in [5.74, 6) is 0.818. The molecule has 2 aromatic rings. The highest BCUT2D eigenvalue weighted by Crippen LogP contribution is 2.21. The lowest BCUT2D eigenvalue weighted by atomic mass is 10.1. The molecule has 0 spiro atoms. The molecule has 0 bridgehead atoms. The van der Waals surface area contributed by atoms with Crippen LogP contribution in [-0.4, -0.2) is 11.6 Å². The largest absolute Gasteiger partial charge is 0.492 e. The summed E-state index contributed by atoms with van der Waals surface area (Å²) in [5.41, 5.74) is 2.24. The topological polar surface area (TPSA) is 22.1 Å². The van der Waals surface area contributed by atoms with Crippen molar-refractivity contribution in [2.45, 2.75) is 6.92 Å². The van der Waals surface area contributed by atoms with Gasteiger partial charge in [-0.05, 0) is 18.6 Å². The fourth-order valence-corrected chi connectivity index (χ4v) is 1.45. The van der Waals surface area contributed by atoms with Gasteiger partial charge in [0, 0.05) is 11.8 Å². The second kappa shape index (κ2) is 4.60. The van der Waals surface area contributed by atoms with Gasteiger partial charge in [-0.25, -0.2) is 0 Å². The quantitative estimate of drug-likeness (QED) is 0.757. The van der Waals surface area contributed by atoms with E-state index in [1.165, 1.54) is 0 Å². The van der Waals surface area contributed by atoms with Gasteiger partial charge < -0.3 is 4.74 Å². The van der Waals surface area contributed by atoms with E-state index in [2.05, 4.69) is 17.1 Å². The summed E-state index contributed by atoms with van der Waals surface area (Å²) in [5, 5.41) is 0. The number of hydrogen-bond donors (Lipinski definition) is 0. The molecular formula is C13H13NO. The first-order valence-corrected chi connectivity index (χ1v) is 5.03. The summed E-state index contributed by atoms with van der Waals surface area (Å²) in [6, 6.07) is 12.2. The number of benzene rings is 1. The molecule has 1 aromatic carbocycles. The van der Waals surface area contributed by atoms with Crippen molar-refractivity contribution in [3.63, 3.8) is 0 Å². The van der Waals surface area contributed by atoms with Crippen LogP contribution in [0, 0.1) is 0 Å². The Bertz CT molecular complexity index is 426. The van der Waals surface area contributed by atoms with Gasteiger partial charge in [-0.1, -0.05) is 30.3 Å². The maximum absolute atomic E-state index is 5.41. The van der Waals surface area contributed by atoms with Gasteiger partial charge in [-0.15, -0.1) is 0 Å². The van der Waals surface area contributed by atoms with Crippen LogP contribution < -0.4 is 4.74 Å². The molecule has 15 heavy (non-hydrogen) atoms. The second-order valence-electron chi connectivity index (χ2n) is 3.21. The monoisotopic (exact) mass is 199 g/mol. The molecule has 0 N–H and O–H groups in total. The standard InChI is InChI=1S/C13H13NO/c1-2-15-13-8-12(9-14-10-13)11-6-4-3-5-7-11/h3-10H,2H2,1H3. The molecule has 1 heterocycles. The fourth-order valence-electron chi connectivity index (χ4n) is 1.45. The van der Waals surface area contributed by atoms with Gasteiger partial charge in [0.05, 0.1) is 12.8 Å². The van der Waals surface area contributed by atoms with Crippen LogP contribution in [0.4, 0.5) is 0 Å². The first-order chi connectivity index (χ1) is 7.40. The molecular weight excluding hydrogens is 186 g/mol. The van der Waals surface area contributed by atoms with Crippen molar-refractivity contribution >= 4 is 0 Å². The molecule has 0 saturated heterocycles. The number of rotatable bonds is 3. The van der Waals surface area contributed by atoms with Crippen LogP contribution in [0.5, 0.6) is 5.75 Å². The molecule has 0 aliphatic rings. The van der Waals surface area contributed by atoms with Crippen molar-refractivity contribution in [3.8, 4) is 16.9 Å². The number of hydrogen-bond acceptors (Lipinski definition) is 2. The Balaban J connectivity index is 2.33. The lowest BCUT2D eigenvalue weighted by molar-refractivity contribution is 0.339. The van der Waals surface area contributed by atoms with Crippen molar-refractivity contribution in [2.75, 3.05) is 6.61 Å². The van der Waals surface area contributed by atoms with Gasteiger partial charge >= 0.3 is 0 Å². The Morgan fingerprint density at radius 1 is 1.07 bits per heavy atom. The number of ether oxygens (including phenoxy) is 1. The molecule has 0 unspecified atom stereocenters. The third-order valence-corrected chi connectivity index (χ3v) is 2.13. The van der Waals surface area contributed by atoms with Crippen LogP contribution in [0.2, 0.25) is 0 Å². The van der Waals surface area contributed by atoms with E-state index in [1.54, 1.807) is 6.20 Å². The maximum atomic E-state index is 5.41. The lowest BCUT2D eigenvalue weighted by Crippen LogP contribution is -1.92. The van der Waals surface area contributed by atoms with E-state index in [4.69, 9.17) is 4.74 Å². The van der Waals surface area contributed by atoms with E-state index >= 15 is 0 Å². The maximum Gasteiger partial charge on any atom is 0.138 e. The Hall–Kier alpha value is -1.83. The Morgan fingerprint density at radius 2 is 1.87 bits per heavy atom. The van der Waals surface area contributed by atoms with E-state index in [0.29, 0.717) is 6.61 Å². The number of pyridine rings is 1. The molecule has 0 radical (unpaired) electrons. The first kappa shape index (κ1) is 9.71. The number of aromatic nitrogens is 1. The summed E-state index contributed by atoms with van der Waals surface area (Å²) >= 11 is 0. The van der Waals surface area contributed by atoms with Crippen LogP contribution in [0.1, 0.15) is 6.92 Å². The molecule has 76 valence electrons. The minimum Gasteiger partial charge on any atom is -0.492 e. The van der Waals surface area contributed by atoms with E-state index in [9.17, 15) is 0 Å². The summed E-state index contributed by atoms with van der Waals surface area (Å²) in [4.78, 5) is 4.15. The highest BCUT2D eigenvalue weighted by Gasteiger charge is 1.99. The molecule has 0 fully saturated rings. The molecule has 2 heteroatoms. The predicted octanol–water partition coefficient (Wildman–Crippen LogP) is 3.15. The predicted molar refractivity (Wildman–Crippen MR) is 60.8 cm³/mol. The summed E-state index contributed by atoms with van der Waals surface area (Å²) < 4.78 is 5.41. The van der Waals surface area contributed by atoms with Crippen molar-refractivity contribution in [1.82, 2.24) is 4.98 Å². The molecule has 0 aliphatic heterocycles. The summed E-state index contributed by atoms with van der Waals surface area (Å²) in [7, 11) is 0. The highest BCUT2D eigenvalue weighted by molar-refractivity contribution is 5.63. The van der Waals surface area contributed by atoms with Crippen LogP contribution in [0.15, 0.2) is 48.8 Å². The summed E-state index contributed by atoms with van der Waals surface area (Å²) in [6.45, 7) is 2.63. The average molecular weight is 199 g/mol. The normalized spacial score (nSPS) is 9.93. The molecule has 0 amide bonds. The molecule has 0 atom stereocenters.